The molecule has 0 amide bonds. The molecule has 0 radical (unpaired) electrons. The monoisotopic (exact) mass is 1630 g/mol. The van der Waals surface area contributed by atoms with E-state index in [0.29, 0.717) is 13.2 Å². The number of hydrogen-bond donors (Lipinski definition) is 0. The summed E-state index contributed by atoms with van der Waals surface area (Å²) in [6, 6.07) is 97.5. The number of hydrogen-bond acceptors (Lipinski definition) is 8. The molecule has 5 heterocycles. The first-order valence-corrected chi connectivity index (χ1v) is 53.9. The lowest BCUT2D eigenvalue weighted by Gasteiger charge is -2.36. The van der Waals surface area contributed by atoms with Crippen LogP contribution >= 0.6 is 0 Å². The van der Waals surface area contributed by atoms with Crippen LogP contribution in [0.1, 0.15) is 128 Å². The summed E-state index contributed by atoms with van der Waals surface area (Å²) in [5, 5.41) is 0.250. The average molecular weight is 1630 g/mol. The molecule has 0 saturated carbocycles. The molecule has 12 heteroatoms. The quantitative estimate of drug-likeness (QED) is 0.101. The maximum absolute atomic E-state index is 6.90. The van der Waals surface area contributed by atoms with E-state index in [1.54, 1.807) is 0 Å². The van der Waals surface area contributed by atoms with E-state index in [9.17, 15) is 0 Å². The molecule has 118 heavy (non-hydrogen) atoms. The van der Waals surface area contributed by atoms with Crippen molar-refractivity contribution in [2.24, 2.45) is 9.98 Å². The Balaban J connectivity index is 0.877. The van der Waals surface area contributed by atoms with Crippen LogP contribution < -0.4 is 27.2 Å². The minimum atomic E-state index is -2.13. The van der Waals surface area contributed by atoms with Crippen LogP contribution in [0.4, 0.5) is 11.4 Å². The SMILES string of the molecule is CC(C)(C)[Si](C)(C)Oc1ccc(-c2ccc(C34C=Nc5c(cccc5-c5ccc(O[Si](C)(C)C(C)(C)C)cc5)-c5ccc(cc5)OCc5cccc(c5)COc5ccc(cc5)-c5cccc(-c6ccc(O[Si](C)(C)C(C)(C)C)cc6)c5N=CC5(c6ccc(-c7ccc(O[Si](C)(C)C(C)(C)C)cc7)cc6)Cc6cc(c(cc6C5)C3)C4)cc2)cc1. The lowest BCUT2D eigenvalue weighted by atomic mass is 9.77. The molecule has 0 aromatic heterocycles. The van der Waals surface area contributed by atoms with Crippen molar-refractivity contribution in [1.29, 1.82) is 0 Å². The number of nitrogens with zero attached hydrogens (tertiary/aromatic N) is 2. The van der Waals surface area contributed by atoms with Crippen LogP contribution in [0.25, 0.3) is 66.8 Å². The summed E-state index contributed by atoms with van der Waals surface area (Å²) in [6.07, 6.45) is 7.63. The van der Waals surface area contributed by atoms with Crippen LogP contribution in [0.3, 0.4) is 0 Å². The molecule has 0 atom stereocenters. The molecule has 0 saturated heterocycles. The van der Waals surface area contributed by atoms with Gasteiger partial charge < -0.3 is 27.2 Å². The molecule has 5 aliphatic heterocycles. The molecule has 12 aromatic rings. The van der Waals surface area contributed by atoms with Gasteiger partial charge in [-0.3, -0.25) is 9.98 Å². The molecule has 604 valence electrons. The van der Waals surface area contributed by atoms with Crippen LogP contribution in [-0.2, 0) is 49.7 Å². The smallest absolute Gasteiger partial charge is 0.250 e. The van der Waals surface area contributed by atoms with Crippen LogP contribution in [0.15, 0.2) is 277 Å². The molecule has 2 aliphatic carbocycles. The van der Waals surface area contributed by atoms with E-state index in [1.807, 2.05) is 0 Å². The van der Waals surface area contributed by atoms with Crippen LogP contribution in [0, 0.1) is 0 Å². The molecule has 12 aromatic carbocycles. The van der Waals surface area contributed by atoms with Gasteiger partial charge in [-0.2, -0.15) is 0 Å². The fourth-order valence-electron chi connectivity index (χ4n) is 15.6. The first-order valence-electron chi connectivity index (χ1n) is 42.2. The highest BCUT2D eigenvalue weighted by Gasteiger charge is 2.45. The zero-order valence-corrected chi connectivity index (χ0v) is 77.1. The Labute approximate surface area is 707 Å². The van der Waals surface area contributed by atoms with Gasteiger partial charge in [-0.1, -0.05) is 271 Å². The highest BCUT2D eigenvalue weighted by atomic mass is 28.4. The Morgan fingerprint density at radius 3 is 0.754 bits per heavy atom. The fourth-order valence-corrected chi connectivity index (χ4v) is 19.7. The Morgan fingerprint density at radius 1 is 0.271 bits per heavy atom. The third-order valence-corrected chi connectivity index (χ3v) is 44.4. The van der Waals surface area contributed by atoms with Crippen molar-refractivity contribution in [2.45, 2.75) is 205 Å². The predicted octanol–water partition coefficient (Wildman–Crippen LogP) is 29.6. The summed E-state index contributed by atoms with van der Waals surface area (Å²) in [5.74, 6) is 5.17. The van der Waals surface area contributed by atoms with E-state index in [0.717, 1.165) is 149 Å². The van der Waals surface area contributed by atoms with Gasteiger partial charge in [0, 0.05) is 45.5 Å². The van der Waals surface area contributed by atoms with E-state index < -0.39 is 44.1 Å². The van der Waals surface area contributed by atoms with Crippen molar-refractivity contribution in [3.8, 4) is 101 Å². The van der Waals surface area contributed by atoms with Gasteiger partial charge in [0.15, 0.2) is 0 Å². The van der Waals surface area contributed by atoms with Gasteiger partial charge in [0.05, 0.1) is 11.4 Å². The van der Waals surface area contributed by atoms with Crippen LogP contribution in [0.2, 0.25) is 72.5 Å². The van der Waals surface area contributed by atoms with Crippen LogP contribution in [0.5, 0.6) is 34.5 Å². The standard InChI is InChI=1S/C106H118N2O6Si4/c1-101(2,3)115(13,14)111-91-54-34-77(35-55-91)75-30-46-87(47-31-75)105-65-83-63-85-67-106(68-86(85)64-84(83)66-105,88-48-32-76(33-49-88)78-36-56-92(57-37-78)112-116(15,16)102(4,5)6)72-108-100-96(27-23-29-98(100)82-44-60-94(61-45-82)114-118(19,20)104(10,11)12)80-40-52-90(53-41-80)110-70-74-25-21-24-73(62-74)69-109-89-50-38-79(39-51-89)95-26-22-28-97(99(95)107-71-105)81-42-58-93(59-43-81)113-117(17,18)103(7,8)9/h21-64,71-72H,65-70H2,1-20H3. The summed E-state index contributed by atoms with van der Waals surface area (Å²) in [4.78, 5) is 11.9. The number of fused-ring (bicyclic) bond motifs is 1. The zero-order valence-electron chi connectivity index (χ0n) is 73.1. The van der Waals surface area contributed by atoms with Crippen molar-refractivity contribution in [2.75, 3.05) is 0 Å². The predicted molar refractivity (Wildman–Crippen MR) is 506 cm³/mol. The van der Waals surface area contributed by atoms with Crippen molar-refractivity contribution in [3.05, 3.63) is 311 Å². The van der Waals surface area contributed by atoms with E-state index >= 15 is 0 Å². The summed E-state index contributed by atoms with van der Waals surface area (Å²) in [7, 11) is -8.37. The normalized spacial score (nSPS) is 16.6. The van der Waals surface area contributed by atoms with Crippen molar-refractivity contribution in [1.82, 2.24) is 0 Å². The summed E-state index contributed by atoms with van der Waals surface area (Å²) < 4.78 is 40.6. The van der Waals surface area contributed by atoms with E-state index in [-0.39, 0.29) is 20.2 Å². The second kappa shape index (κ2) is 31.7. The number of ether oxygens (including phenoxy) is 2. The molecule has 19 rings (SSSR count). The first-order chi connectivity index (χ1) is 55.8. The minimum Gasteiger partial charge on any atom is -0.544 e. The van der Waals surface area contributed by atoms with E-state index in [2.05, 4.69) is 415 Å². The summed E-state index contributed by atoms with van der Waals surface area (Å²) >= 11 is 0. The molecule has 0 N–H and O–H groups in total. The number of aliphatic imine (C=N–C) groups is 2. The third kappa shape index (κ3) is 17.4. The lowest BCUT2D eigenvalue weighted by molar-refractivity contribution is 0.300. The number of para-hydroxylation sites is 2. The zero-order chi connectivity index (χ0) is 83.6. The molecule has 12 bridgehead atoms. The molecule has 0 fully saturated rings. The molecule has 0 spiro atoms. The third-order valence-electron chi connectivity index (χ3n) is 27.0. The van der Waals surface area contributed by atoms with E-state index in [1.165, 1.54) is 33.4 Å². The Morgan fingerprint density at radius 2 is 0.500 bits per heavy atom. The molecule has 7 aliphatic rings. The highest BCUT2D eigenvalue weighted by Crippen LogP contribution is 2.51. The van der Waals surface area contributed by atoms with Crippen molar-refractivity contribution in [3.63, 3.8) is 0 Å². The van der Waals surface area contributed by atoms with Gasteiger partial charge in [0.1, 0.15) is 47.7 Å². The topological polar surface area (TPSA) is 80.1 Å². The second-order valence-corrected chi connectivity index (χ2v) is 58.4. The second-order valence-electron chi connectivity index (χ2n) is 39.5. The molecular formula is C106H118N2O6Si4. The lowest BCUT2D eigenvalue weighted by Crippen LogP contribution is -2.43. The summed E-state index contributed by atoms with van der Waals surface area (Å²) in [5.41, 5.74) is 23.5. The number of rotatable bonds is 14. The van der Waals surface area contributed by atoms with Gasteiger partial charge in [0.2, 0.25) is 33.3 Å². The van der Waals surface area contributed by atoms with Crippen molar-refractivity contribution >= 4 is 57.1 Å². The van der Waals surface area contributed by atoms with Gasteiger partial charge in [0.25, 0.3) is 0 Å². The minimum absolute atomic E-state index is 0.0434. The molecular weight excluding hydrogens is 1510 g/mol. The largest absolute Gasteiger partial charge is 0.544 e. The van der Waals surface area contributed by atoms with Crippen LogP contribution in [-0.4, -0.2) is 45.7 Å². The van der Waals surface area contributed by atoms with E-state index in [4.69, 9.17) is 37.2 Å². The maximum Gasteiger partial charge on any atom is 0.250 e. The Kier molecular flexibility index (Phi) is 22.3. The highest BCUT2D eigenvalue weighted by molar-refractivity contribution is 6.76. The van der Waals surface area contributed by atoms with Gasteiger partial charge in [-0.25, -0.2) is 0 Å². The fraction of sp³-hybridized carbons (Fsp3) is 0.302. The van der Waals surface area contributed by atoms with Gasteiger partial charge >= 0.3 is 0 Å². The maximum atomic E-state index is 6.90. The Hall–Kier alpha value is -10.4. The first kappa shape index (κ1) is 82.7. The van der Waals surface area contributed by atoms with Crippen molar-refractivity contribution < 1.29 is 27.2 Å². The Bertz CT molecular complexity index is 5300. The van der Waals surface area contributed by atoms with Gasteiger partial charge in [-0.05, 0) is 266 Å². The molecule has 0 unspecified atom stereocenters. The van der Waals surface area contributed by atoms with Gasteiger partial charge in [-0.15, -0.1) is 0 Å². The summed E-state index contributed by atoms with van der Waals surface area (Å²) in [6.45, 7) is 46.7. The molecule has 8 nitrogen and oxygen atoms in total. The average Bonchev–Trinajstić information content (AvgIpc) is 1.57. The number of benzene rings is 12.